The standard InChI is InChI=1S/C28H28N4O2/c1-5-6-7-25-19(2)27(20(3)26(25)16-17-28-29-31-32-30-28)18-21-8-10-23(11-9-21)34-24-14-12-22(33-4)13-15-24/h5-15,18H,1,16-17H2,2-4H3,(H,29,30,31,32)/b7-6-,27-18+. The maximum Gasteiger partial charge on any atom is 0.148 e. The summed E-state index contributed by atoms with van der Waals surface area (Å²) in [7, 11) is 1.65. The predicted molar refractivity (Wildman–Crippen MR) is 135 cm³/mol. The number of aromatic amines is 1. The smallest absolute Gasteiger partial charge is 0.148 e. The minimum atomic E-state index is 0.753. The zero-order chi connectivity index (χ0) is 23.9. The highest BCUT2D eigenvalue weighted by atomic mass is 16.5. The average Bonchev–Trinajstić information content (AvgIpc) is 3.45. The predicted octanol–water partition coefficient (Wildman–Crippen LogP) is 6.41. The van der Waals surface area contributed by atoms with Crippen LogP contribution in [-0.4, -0.2) is 27.7 Å². The van der Waals surface area contributed by atoms with Crippen LogP contribution in [0.25, 0.3) is 6.08 Å². The minimum absolute atomic E-state index is 0.753. The third-order valence-electron chi connectivity index (χ3n) is 5.88. The van der Waals surface area contributed by atoms with Gasteiger partial charge >= 0.3 is 0 Å². The summed E-state index contributed by atoms with van der Waals surface area (Å²) in [5.74, 6) is 3.14. The van der Waals surface area contributed by atoms with Gasteiger partial charge in [-0.1, -0.05) is 36.9 Å². The molecular formula is C28H28N4O2. The topological polar surface area (TPSA) is 72.9 Å². The number of allylic oxidation sites excluding steroid dienone is 8. The largest absolute Gasteiger partial charge is 0.497 e. The van der Waals surface area contributed by atoms with E-state index in [-0.39, 0.29) is 0 Å². The van der Waals surface area contributed by atoms with E-state index in [1.54, 1.807) is 13.2 Å². The van der Waals surface area contributed by atoms with Crippen LogP contribution in [0.4, 0.5) is 0 Å². The van der Waals surface area contributed by atoms with Crippen molar-refractivity contribution < 1.29 is 9.47 Å². The fourth-order valence-electron chi connectivity index (χ4n) is 4.05. The van der Waals surface area contributed by atoms with Crippen molar-refractivity contribution in [3.8, 4) is 17.2 Å². The van der Waals surface area contributed by atoms with Gasteiger partial charge in [-0.3, -0.25) is 0 Å². The maximum absolute atomic E-state index is 5.96. The molecule has 1 aliphatic carbocycles. The van der Waals surface area contributed by atoms with Crippen LogP contribution < -0.4 is 9.47 Å². The second-order valence-corrected chi connectivity index (χ2v) is 7.99. The second-order valence-electron chi connectivity index (χ2n) is 7.99. The van der Waals surface area contributed by atoms with Gasteiger partial charge in [-0.05, 0) is 107 Å². The van der Waals surface area contributed by atoms with Crippen LogP contribution in [0.1, 0.15) is 31.7 Å². The zero-order valence-electron chi connectivity index (χ0n) is 19.7. The number of aryl methyl sites for hydroxylation is 1. The molecule has 0 bridgehead atoms. The van der Waals surface area contributed by atoms with E-state index in [1.165, 1.54) is 27.9 Å². The maximum atomic E-state index is 5.96. The summed E-state index contributed by atoms with van der Waals surface area (Å²) in [6.07, 6.45) is 9.75. The number of H-pyrrole nitrogens is 1. The molecule has 1 aliphatic rings. The number of rotatable bonds is 9. The molecule has 1 heterocycles. The molecule has 172 valence electrons. The Morgan fingerprint density at radius 2 is 1.59 bits per heavy atom. The summed E-state index contributed by atoms with van der Waals surface area (Å²) in [6.45, 7) is 8.17. The minimum Gasteiger partial charge on any atom is -0.497 e. The Kier molecular flexibility index (Phi) is 7.18. The number of hydrogen-bond acceptors (Lipinski definition) is 5. The molecule has 1 N–H and O–H groups in total. The number of nitrogens with one attached hydrogen (secondary N) is 1. The molecule has 0 saturated carbocycles. The van der Waals surface area contributed by atoms with E-state index < -0.39 is 0 Å². The first-order valence-electron chi connectivity index (χ1n) is 11.2. The molecule has 6 nitrogen and oxygen atoms in total. The van der Waals surface area contributed by atoms with Gasteiger partial charge in [0.25, 0.3) is 0 Å². The van der Waals surface area contributed by atoms with E-state index in [2.05, 4.69) is 65.3 Å². The van der Waals surface area contributed by atoms with E-state index in [1.807, 2.05) is 42.5 Å². The molecule has 1 aromatic heterocycles. The summed E-state index contributed by atoms with van der Waals surface area (Å²) in [6, 6.07) is 15.7. The van der Waals surface area contributed by atoms with Crippen molar-refractivity contribution in [2.75, 3.05) is 7.11 Å². The molecule has 0 saturated heterocycles. The highest BCUT2D eigenvalue weighted by molar-refractivity contribution is 5.74. The number of methoxy groups -OCH3 is 1. The molecule has 0 atom stereocenters. The summed E-state index contributed by atoms with van der Waals surface area (Å²) in [5.41, 5.74) is 7.40. The van der Waals surface area contributed by atoms with Crippen molar-refractivity contribution in [1.29, 1.82) is 0 Å². The fourth-order valence-corrected chi connectivity index (χ4v) is 4.05. The summed E-state index contributed by atoms with van der Waals surface area (Å²) < 4.78 is 11.2. The van der Waals surface area contributed by atoms with Crippen LogP contribution in [0, 0.1) is 0 Å². The number of ether oxygens (including phenoxy) is 2. The number of benzene rings is 2. The Morgan fingerprint density at radius 3 is 2.21 bits per heavy atom. The van der Waals surface area contributed by atoms with Gasteiger partial charge in [0, 0.05) is 6.42 Å². The molecule has 0 fully saturated rings. The SMILES string of the molecule is C=C/C=C\C1=C(C)C(=C\c2ccc(Oc3ccc(OC)cc3)cc2)/C(C)=C1CCc1nnn[nH]1. The van der Waals surface area contributed by atoms with Gasteiger partial charge < -0.3 is 9.47 Å². The summed E-state index contributed by atoms with van der Waals surface area (Å²) >= 11 is 0. The van der Waals surface area contributed by atoms with E-state index in [9.17, 15) is 0 Å². The van der Waals surface area contributed by atoms with E-state index in [0.717, 1.165) is 41.5 Å². The van der Waals surface area contributed by atoms with Crippen molar-refractivity contribution in [2.45, 2.75) is 26.7 Å². The summed E-state index contributed by atoms with van der Waals surface area (Å²) in [4.78, 5) is 0. The lowest BCUT2D eigenvalue weighted by molar-refractivity contribution is 0.413. The van der Waals surface area contributed by atoms with Gasteiger partial charge in [0.05, 0.1) is 7.11 Å². The van der Waals surface area contributed by atoms with Crippen LogP contribution in [-0.2, 0) is 6.42 Å². The van der Waals surface area contributed by atoms with Crippen molar-refractivity contribution in [2.24, 2.45) is 0 Å². The molecular weight excluding hydrogens is 424 g/mol. The van der Waals surface area contributed by atoms with Crippen molar-refractivity contribution in [1.82, 2.24) is 20.6 Å². The van der Waals surface area contributed by atoms with Crippen LogP contribution in [0.15, 0.2) is 101 Å². The average molecular weight is 453 g/mol. The van der Waals surface area contributed by atoms with Gasteiger partial charge in [-0.25, -0.2) is 5.10 Å². The van der Waals surface area contributed by atoms with E-state index >= 15 is 0 Å². The monoisotopic (exact) mass is 452 g/mol. The third kappa shape index (κ3) is 5.23. The molecule has 2 aromatic carbocycles. The van der Waals surface area contributed by atoms with Gasteiger partial charge in [-0.2, -0.15) is 0 Å². The normalized spacial score (nSPS) is 15.0. The van der Waals surface area contributed by atoms with Gasteiger partial charge in [-0.15, -0.1) is 5.10 Å². The van der Waals surface area contributed by atoms with Crippen molar-refractivity contribution in [3.05, 3.63) is 113 Å². The molecule has 6 heteroatoms. The highest BCUT2D eigenvalue weighted by Crippen LogP contribution is 2.40. The number of hydrogen-bond donors (Lipinski definition) is 1. The first-order chi connectivity index (χ1) is 16.6. The lowest BCUT2D eigenvalue weighted by Gasteiger charge is -2.08. The lowest BCUT2D eigenvalue weighted by atomic mass is 9.99. The molecule has 34 heavy (non-hydrogen) atoms. The Morgan fingerprint density at radius 1 is 0.912 bits per heavy atom. The molecule has 0 amide bonds. The first-order valence-corrected chi connectivity index (χ1v) is 11.2. The van der Waals surface area contributed by atoms with E-state index in [4.69, 9.17) is 9.47 Å². The molecule has 4 rings (SSSR count). The van der Waals surface area contributed by atoms with Crippen LogP contribution in [0.5, 0.6) is 17.2 Å². The second kappa shape index (κ2) is 10.6. The first kappa shape index (κ1) is 23.0. The Bertz CT molecular complexity index is 1260. The van der Waals surface area contributed by atoms with Gasteiger partial charge in [0.2, 0.25) is 0 Å². The van der Waals surface area contributed by atoms with Crippen LogP contribution in [0.3, 0.4) is 0 Å². The number of tetrazole rings is 1. The zero-order valence-corrected chi connectivity index (χ0v) is 19.7. The number of aromatic nitrogens is 4. The molecule has 0 unspecified atom stereocenters. The Hall–Kier alpha value is -4.19. The Labute approximate surface area is 200 Å². The molecule has 0 aliphatic heterocycles. The molecule has 0 spiro atoms. The lowest BCUT2D eigenvalue weighted by Crippen LogP contribution is -1.94. The van der Waals surface area contributed by atoms with Crippen LogP contribution in [0.2, 0.25) is 0 Å². The van der Waals surface area contributed by atoms with Gasteiger partial charge in [0.15, 0.2) is 0 Å². The van der Waals surface area contributed by atoms with Crippen molar-refractivity contribution in [3.63, 3.8) is 0 Å². The van der Waals surface area contributed by atoms with Crippen molar-refractivity contribution >= 4 is 6.08 Å². The number of nitrogens with zero attached hydrogens (tertiary/aromatic N) is 3. The quantitative estimate of drug-likeness (QED) is 0.380. The Balaban J connectivity index is 1.56. The summed E-state index contributed by atoms with van der Waals surface area (Å²) in [5, 5.41) is 14.2. The van der Waals surface area contributed by atoms with Gasteiger partial charge in [0.1, 0.15) is 23.1 Å². The highest BCUT2D eigenvalue weighted by Gasteiger charge is 2.22. The molecule has 3 aromatic rings. The molecule has 0 radical (unpaired) electrons. The van der Waals surface area contributed by atoms with E-state index in [0.29, 0.717) is 0 Å². The van der Waals surface area contributed by atoms with Crippen LogP contribution >= 0.6 is 0 Å². The third-order valence-corrected chi connectivity index (χ3v) is 5.88. The fraction of sp³-hybridized carbons (Fsp3) is 0.179.